The van der Waals surface area contributed by atoms with E-state index in [1.54, 1.807) is 0 Å². The van der Waals surface area contributed by atoms with E-state index in [9.17, 15) is 12.8 Å². The van der Waals surface area contributed by atoms with Gasteiger partial charge in [0.05, 0.1) is 10.7 Å². The number of sulfonamides is 1. The zero-order valence-corrected chi connectivity index (χ0v) is 17.1. The SMILES string of the molecule is CC(N)CNCCCCNc1cc(F)c(S(=O)(=O)Nc2ncns2)cc1Cl. The van der Waals surface area contributed by atoms with Crippen molar-refractivity contribution in [1.82, 2.24) is 14.7 Å². The lowest BCUT2D eigenvalue weighted by Crippen LogP contribution is -2.31. The Morgan fingerprint density at radius 1 is 1.33 bits per heavy atom. The third kappa shape index (κ3) is 6.85. The van der Waals surface area contributed by atoms with Gasteiger partial charge in [-0.25, -0.2) is 17.8 Å². The average Bonchev–Trinajstić information content (AvgIpc) is 3.08. The maximum Gasteiger partial charge on any atom is 0.266 e. The van der Waals surface area contributed by atoms with Crippen LogP contribution in [0.5, 0.6) is 0 Å². The fourth-order valence-electron chi connectivity index (χ4n) is 2.19. The van der Waals surface area contributed by atoms with Crippen LogP contribution in [0, 0.1) is 5.82 Å². The van der Waals surface area contributed by atoms with E-state index in [4.69, 9.17) is 17.3 Å². The number of unbranched alkanes of at least 4 members (excludes halogenated alkanes) is 1. The van der Waals surface area contributed by atoms with Gasteiger partial charge in [0.1, 0.15) is 17.0 Å². The Balaban J connectivity index is 1.92. The van der Waals surface area contributed by atoms with E-state index < -0.39 is 20.7 Å². The van der Waals surface area contributed by atoms with Gasteiger partial charge in [-0.3, -0.25) is 4.72 Å². The van der Waals surface area contributed by atoms with E-state index in [1.165, 1.54) is 6.33 Å². The Labute approximate surface area is 166 Å². The van der Waals surface area contributed by atoms with Crippen molar-refractivity contribution in [2.24, 2.45) is 5.73 Å². The van der Waals surface area contributed by atoms with E-state index in [1.807, 2.05) is 6.92 Å². The zero-order valence-electron chi connectivity index (χ0n) is 14.7. The van der Waals surface area contributed by atoms with Crippen LogP contribution in [-0.2, 0) is 10.0 Å². The van der Waals surface area contributed by atoms with E-state index in [2.05, 4.69) is 24.7 Å². The quantitative estimate of drug-likeness (QED) is 0.398. The van der Waals surface area contributed by atoms with Crippen molar-refractivity contribution in [2.45, 2.75) is 30.7 Å². The zero-order chi connectivity index (χ0) is 19.9. The van der Waals surface area contributed by atoms with Gasteiger partial charge in [-0.2, -0.15) is 4.37 Å². The van der Waals surface area contributed by atoms with Crippen LogP contribution in [0.15, 0.2) is 23.4 Å². The molecule has 0 saturated carbocycles. The lowest BCUT2D eigenvalue weighted by atomic mass is 10.2. The second-order valence-corrected chi connectivity index (χ2v) is 8.77. The van der Waals surface area contributed by atoms with Crippen molar-refractivity contribution in [3.8, 4) is 0 Å². The number of rotatable bonds is 11. The molecule has 27 heavy (non-hydrogen) atoms. The monoisotopic (exact) mass is 436 g/mol. The van der Waals surface area contributed by atoms with Crippen LogP contribution in [0.3, 0.4) is 0 Å². The molecule has 8 nitrogen and oxygen atoms in total. The van der Waals surface area contributed by atoms with Crippen LogP contribution in [-0.4, -0.2) is 43.5 Å². The Bertz CT molecular complexity index is 833. The van der Waals surface area contributed by atoms with Gasteiger partial charge in [0.15, 0.2) is 0 Å². The van der Waals surface area contributed by atoms with Crippen molar-refractivity contribution in [3.63, 3.8) is 0 Å². The molecule has 1 heterocycles. The van der Waals surface area contributed by atoms with Crippen LogP contribution >= 0.6 is 23.1 Å². The third-order valence-corrected chi connectivity index (χ3v) is 5.83. The molecule has 0 spiro atoms. The summed E-state index contributed by atoms with van der Waals surface area (Å²) in [7, 11) is -4.14. The molecule has 2 aromatic rings. The summed E-state index contributed by atoms with van der Waals surface area (Å²) >= 11 is 6.96. The first-order chi connectivity index (χ1) is 12.8. The van der Waals surface area contributed by atoms with Gasteiger partial charge in [-0.15, -0.1) is 0 Å². The fourth-order valence-corrected chi connectivity index (χ4v) is 4.23. The maximum atomic E-state index is 14.3. The molecule has 1 aromatic heterocycles. The molecule has 150 valence electrons. The molecule has 0 saturated heterocycles. The van der Waals surface area contributed by atoms with Crippen molar-refractivity contribution in [2.75, 3.05) is 29.7 Å². The lowest BCUT2D eigenvalue weighted by Gasteiger charge is -2.12. The largest absolute Gasteiger partial charge is 0.384 e. The van der Waals surface area contributed by atoms with Crippen LogP contribution in [0.1, 0.15) is 19.8 Å². The second kappa shape index (κ2) is 10.1. The first-order valence-electron chi connectivity index (χ1n) is 8.28. The van der Waals surface area contributed by atoms with E-state index in [0.717, 1.165) is 49.6 Å². The van der Waals surface area contributed by atoms with Gasteiger partial charge in [0.2, 0.25) is 5.13 Å². The number of nitrogens with zero attached hydrogens (tertiary/aromatic N) is 2. The molecule has 5 N–H and O–H groups in total. The number of nitrogens with one attached hydrogen (secondary N) is 3. The summed E-state index contributed by atoms with van der Waals surface area (Å²) in [5, 5.41) is 6.40. The first-order valence-corrected chi connectivity index (χ1v) is 10.9. The molecule has 0 aliphatic heterocycles. The van der Waals surface area contributed by atoms with Crippen molar-refractivity contribution in [1.29, 1.82) is 0 Å². The lowest BCUT2D eigenvalue weighted by molar-refractivity contribution is 0.570. The topological polar surface area (TPSA) is 122 Å². The predicted molar refractivity (Wildman–Crippen MR) is 106 cm³/mol. The summed E-state index contributed by atoms with van der Waals surface area (Å²) in [6.45, 7) is 4.09. The van der Waals surface area contributed by atoms with Crippen molar-refractivity contribution >= 4 is 44.0 Å². The predicted octanol–water partition coefficient (Wildman–Crippen LogP) is 2.26. The Morgan fingerprint density at radius 3 is 2.74 bits per heavy atom. The standard InChI is InChI=1S/C15H22ClFN6O2S2/c1-10(18)8-19-4-2-3-5-20-13-7-12(17)14(6-11(13)16)27(24,25)23-15-21-9-22-26-15/h6-7,9-10,19-20H,2-5,8,18H2,1H3,(H,21,22,23). The summed E-state index contributed by atoms with van der Waals surface area (Å²) in [5.41, 5.74) is 5.98. The number of benzene rings is 1. The Kier molecular flexibility index (Phi) is 8.17. The van der Waals surface area contributed by atoms with Crippen LogP contribution in [0.2, 0.25) is 5.02 Å². The maximum absolute atomic E-state index is 14.3. The van der Waals surface area contributed by atoms with Gasteiger partial charge >= 0.3 is 0 Å². The minimum atomic E-state index is -4.14. The average molecular weight is 437 g/mol. The Morgan fingerprint density at radius 2 is 2.07 bits per heavy atom. The molecular formula is C15H22ClFN6O2S2. The third-order valence-electron chi connectivity index (χ3n) is 3.46. The van der Waals surface area contributed by atoms with Crippen LogP contribution < -0.4 is 21.1 Å². The summed E-state index contributed by atoms with van der Waals surface area (Å²) in [5.74, 6) is -0.905. The Hall–Kier alpha value is -1.53. The molecule has 0 radical (unpaired) electrons. The van der Waals surface area contributed by atoms with E-state index >= 15 is 0 Å². The molecule has 1 aromatic carbocycles. The van der Waals surface area contributed by atoms with Crippen LogP contribution in [0.25, 0.3) is 0 Å². The summed E-state index contributed by atoms with van der Waals surface area (Å²) in [6.07, 6.45) is 2.95. The molecular weight excluding hydrogens is 415 g/mol. The minimum Gasteiger partial charge on any atom is -0.384 e. The highest BCUT2D eigenvalue weighted by Crippen LogP contribution is 2.29. The fraction of sp³-hybridized carbons (Fsp3) is 0.467. The summed E-state index contributed by atoms with van der Waals surface area (Å²) in [4.78, 5) is 3.17. The molecule has 0 aliphatic carbocycles. The molecule has 0 fully saturated rings. The highest BCUT2D eigenvalue weighted by molar-refractivity contribution is 7.93. The van der Waals surface area contributed by atoms with E-state index in [0.29, 0.717) is 12.2 Å². The van der Waals surface area contributed by atoms with Gasteiger partial charge in [0, 0.05) is 30.7 Å². The highest BCUT2D eigenvalue weighted by atomic mass is 35.5. The number of halogens is 2. The van der Waals surface area contributed by atoms with Crippen LogP contribution in [0.4, 0.5) is 15.2 Å². The van der Waals surface area contributed by atoms with Gasteiger partial charge in [-0.05, 0) is 38.4 Å². The number of nitrogens with two attached hydrogens (primary N) is 1. The van der Waals surface area contributed by atoms with Gasteiger partial charge in [0.25, 0.3) is 10.0 Å². The van der Waals surface area contributed by atoms with E-state index in [-0.39, 0.29) is 16.2 Å². The molecule has 0 amide bonds. The first kappa shape index (κ1) is 21.8. The molecule has 0 bridgehead atoms. The van der Waals surface area contributed by atoms with Crippen molar-refractivity contribution in [3.05, 3.63) is 29.3 Å². The van der Waals surface area contributed by atoms with Gasteiger partial charge < -0.3 is 16.4 Å². The summed E-state index contributed by atoms with van der Waals surface area (Å²) in [6, 6.07) is 2.26. The second-order valence-electron chi connectivity index (χ2n) is 5.93. The minimum absolute atomic E-state index is 0.0466. The smallest absolute Gasteiger partial charge is 0.266 e. The summed E-state index contributed by atoms with van der Waals surface area (Å²) < 4.78 is 44.8. The molecule has 1 unspecified atom stereocenters. The van der Waals surface area contributed by atoms with Crippen molar-refractivity contribution < 1.29 is 12.8 Å². The molecule has 1 atom stereocenters. The number of hydrogen-bond acceptors (Lipinski definition) is 8. The number of anilines is 2. The number of aromatic nitrogens is 2. The van der Waals surface area contributed by atoms with Gasteiger partial charge in [-0.1, -0.05) is 11.6 Å². The highest BCUT2D eigenvalue weighted by Gasteiger charge is 2.22. The molecule has 0 aliphatic rings. The molecule has 2 rings (SSSR count). The molecule has 12 heteroatoms. The normalized spacial score (nSPS) is 12.7. The number of hydrogen-bond donors (Lipinski definition) is 4.